The predicted molar refractivity (Wildman–Crippen MR) is 85.2 cm³/mol. The summed E-state index contributed by atoms with van der Waals surface area (Å²) in [6, 6.07) is 13.3. The number of carbonyl (C=O) groups is 1. The van der Waals surface area contributed by atoms with Gasteiger partial charge in [0.1, 0.15) is 0 Å². The summed E-state index contributed by atoms with van der Waals surface area (Å²) in [5.41, 5.74) is 2.57. The van der Waals surface area contributed by atoms with Gasteiger partial charge >= 0.3 is 0 Å². The van der Waals surface area contributed by atoms with Crippen LogP contribution in [0.15, 0.2) is 48.7 Å². The monoisotopic (exact) mass is 302 g/mol. The van der Waals surface area contributed by atoms with Crippen LogP contribution in [0.25, 0.3) is 0 Å². The predicted octanol–water partition coefficient (Wildman–Crippen LogP) is 3.87. The van der Waals surface area contributed by atoms with Crippen LogP contribution in [0.2, 0.25) is 0 Å². The summed E-state index contributed by atoms with van der Waals surface area (Å²) in [4.78, 5) is 18.8. The Morgan fingerprint density at radius 3 is 2.43 bits per heavy atom. The molecule has 0 spiro atoms. The van der Waals surface area contributed by atoms with Crippen molar-refractivity contribution in [2.24, 2.45) is 0 Å². The van der Waals surface area contributed by atoms with Crippen LogP contribution in [0.5, 0.6) is 0 Å². The molecule has 21 heavy (non-hydrogen) atoms. The van der Waals surface area contributed by atoms with Gasteiger partial charge < -0.3 is 4.90 Å². The summed E-state index contributed by atoms with van der Waals surface area (Å²) in [5, 5.41) is 0. The lowest BCUT2D eigenvalue weighted by Gasteiger charge is -2.26. The van der Waals surface area contributed by atoms with E-state index in [9.17, 15) is 4.79 Å². The van der Waals surface area contributed by atoms with Crippen molar-refractivity contribution < 1.29 is 4.79 Å². The minimum Gasteiger partial charge on any atom is -0.330 e. The number of pyridine rings is 1. The quantitative estimate of drug-likeness (QED) is 0.786. The first-order valence-electron chi connectivity index (χ1n) is 6.97. The highest BCUT2D eigenvalue weighted by atomic mass is 35.5. The lowest BCUT2D eigenvalue weighted by Crippen LogP contribution is -2.36. The first-order valence-corrected chi connectivity index (χ1v) is 7.51. The molecule has 110 valence electrons. The molecule has 0 saturated heterocycles. The Labute approximate surface area is 130 Å². The van der Waals surface area contributed by atoms with Crippen molar-refractivity contribution in [1.82, 2.24) is 9.88 Å². The minimum absolute atomic E-state index is 0.0109. The molecule has 0 saturated carbocycles. The molecule has 0 fully saturated rings. The Hall–Kier alpha value is -1.87. The average molecular weight is 303 g/mol. The number of amides is 1. The number of hydrogen-bond donors (Lipinski definition) is 0. The summed E-state index contributed by atoms with van der Waals surface area (Å²) >= 11 is 5.78. The number of alkyl halides is 1. The first-order chi connectivity index (χ1) is 10.1. The Morgan fingerprint density at radius 2 is 1.90 bits per heavy atom. The number of halogens is 1. The molecule has 0 aliphatic heterocycles. The van der Waals surface area contributed by atoms with Crippen molar-refractivity contribution in [3.05, 3.63) is 65.5 Å². The van der Waals surface area contributed by atoms with Crippen LogP contribution in [0, 0.1) is 0 Å². The zero-order valence-electron chi connectivity index (χ0n) is 12.3. The van der Waals surface area contributed by atoms with E-state index in [2.05, 4.69) is 4.98 Å². The standard InChI is InChI=1S/C17H19ClN2O/c1-13(2)20(12-16-5-3-4-10-19-16)17(21)15-8-6-14(11-18)7-9-15/h3-10,13H,11-12H2,1-2H3. The molecule has 1 aromatic carbocycles. The van der Waals surface area contributed by atoms with Crippen molar-refractivity contribution in [1.29, 1.82) is 0 Å². The maximum atomic E-state index is 12.7. The second-order valence-electron chi connectivity index (χ2n) is 5.18. The third-order valence-corrected chi connectivity index (χ3v) is 3.61. The van der Waals surface area contributed by atoms with Crippen molar-refractivity contribution >= 4 is 17.5 Å². The smallest absolute Gasteiger partial charge is 0.254 e. The summed E-state index contributed by atoms with van der Waals surface area (Å²) in [6.45, 7) is 4.52. The van der Waals surface area contributed by atoms with Gasteiger partial charge in [0.05, 0.1) is 12.2 Å². The fraction of sp³-hybridized carbons (Fsp3) is 0.294. The molecule has 2 aromatic rings. The van der Waals surface area contributed by atoms with Crippen LogP contribution in [0.4, 0.5) is 0 Å². The fourth-order valence-corrected chi connectivity index (χ4v) is 2.24. The van der Waals surface area contributed by atoms with Crippen LogP contribution in [0.3, 0.4) is 0 Å². The van der Waals surface area contributed by atoms with Crippen LogP contribution >= 0.6 is 11.6 Å². The van der Waals surface area contributed by atoms with E-state index in [1.54, 1.807) is 6.20 Å². The molecule has 4 heteroatoms. The number of nitrogens with zero attached hydrogens (tertiary/aromatic N) is 2. The molecule has 0 N–H and O–H groups in total. The van der Waals surface area contributed by atoms with E-state index in [1.165, 1.54) is 0 Å². The lowest BCUT2D eigenvalue weighted by atomic mass is 10.1. The van der Waals surface area contributed by atoms with Crippen molar-refractivity contribution in [2.75, 3.05) is 0 Å². The van der Waals surface area contributed by atoms with E-state index in [0.29, 0.717) is 18.0 Å². The third kappa shape index (κ3) is 4.05. The Balaban J connectivity index is 2.18. The largest absolute Gasteiger partial charge is 0.330 e. The van der Waals surface area contributed by atoms with Crippen molar-refractivity contribution in [3.8, 4) is 0 Å². The zero-order valence-corrected chi connectivity index (χ0v) is 13.0. The zero-order chi connectivity index (χ0) is 15.2. The maximum Gasteiger partial charge on any atom is 0.254 e. The van der Waals surface area contributed by atoms with Crippen LogP contribution in [-0.4, -0.2) is 21.8 Å². The molecule has 0 aliphatic carbocycles. The maximum absolute atomic E-state index is 12.7. The van der Waals surface area contributed by atoms with Gasteiger partial charge in [-0.1, -0.05) is 18.2 Å². The molecule has 1 aromatic heterocycles. The molecule has 0 unspecified atom stereocenters. The normalized spacial score (nSPS) is 10.7. The van der Waals surface area contributed by atoms with Crippen LogP contribution in [-0.2, 0) is 12.4 Å². The highest BCUT2D eigenvalue weighted by Crippen LogP contribution is 2.14. The Kier molecular flexibility index (Phi) is 5.34. The summed E-state index contributed by atoms with van der Waals surface area (Å²) in [7, 11) is 0. The van der Waals surface area contributed by atoms with Crippen molar-refractivity contribution in [2.45, 2.75) is 32.3 Å². The van der Waals surface area contributed by atoms with Gasteiger partial charge in [-0.2, -0.15) is 0 Å². The third-order valence-electron chi connectivity index (χ3n) is 3.30. The average Bonchev–Trinajstić information content (AvgIpc) is 2.53. The summed E-state index contributed by atoms with van der Waals surface area (Å²) < 4.78 is 0. The van der Waals surface area contributed by atoms with Gasteiger partial charge in [0.15, 0.2) is 0 Å². The summed E-state index contributed by atoms with van der Waals surface area (Å²) in [5.74, 6) is 0.466. The second-order valence-corrected chi connectivity index (χ2v) is 5.45. The fourth-order valence-electron chi connectivity index (χ4n) is 2.06. The Morgan fingerprint density at radius 1 is 1.19 bits per heavy atom. The molecule has 0 radical (unpaired) electrons. The number of rotatable bonds is 5. The molecular weight excluding hydrogens is 284 g/mol. The van der Waals surface area contributed by atoms with E-state index < -0.39 is 0 Å². The van der Waals surface area contributed by atoms with Crippen LogP contribution in [0.1, 0.15) is 35.5 Å². The highest BCUT2D eigenvalue weighted by molar-refractivity contribution is 6.17. The molecule has 3 nitrogen and oxygen atoms in total. The van der Waals surface area contributed by atoms with E-state index >= 15 is 0 Å². The van der Waals surface area contributed by atoms with Gasteiger partial charge in [0.2, 0.25) is 0 Å². The van der Waals surface area contributed by atoms with Gasteiger partial charge in [-0.15, -0.1) is 11.6 Å². The van der Waals surface area contributed by atoms with E-state index in [0.717, 1.165) is 11.3 Å². The Bertz CT molecular complexity index is 581. The van der Waals surface area contributed by atoms with E-state index in [4.69, 9.17) is 11.6 Å². The van der Waals surface area contributed by atoms with E-state index in [1.807, 2.05) is 61.2 Å². The number of carbonyl (C=O) groups excluding carboxylic acids is 1. The van der Waals surface area contributed by atoms with Gasteiger partial charge in [-0.25, -0.2) is 0 Å². The number of aromatic nitrogens is 1. The molecule has 1 heterocycles. The molecule has 2 rings (SSSR count). The second kappa shape index (κ2) is 7.23. The molecule has 1 amide bonds. The minimum atomic E-state index is 0.0109. The summed E-state index contributed by atoms with van der Waals surface area (Å²) in [6.07, 6.45) is 1.74. The van der Waals surface area contributed by atoms with Gasteiger partial charge in [-0.05, 0) is 43.7 Å². The van der Waals surface area contributed by atoms with Gasteiger partial charge in [-0.3, -0.25) is 9.78 Å². The van der Waals surface area contributed by atoms with Crippen molar-refractivity contribution in [3.63, 3.8) is 0 Å². The molecule has 0 aliphatic rings. The van der Waals surface area contributed by atoms with Gasteiger partial charge in [0.25, 0.3) is 5.91 Å². The van der Waals surface area contributed by atoms with E-state index in [-0.39, 0.29) is 11.9 Å². The first kappa shape index (κ1) is 15.5. The highest BCUT2D eigenvalue weighted by Gasteiger charge is 2.19. The molecule has 0 atom stereocenters. The molecule has 0 bridgehead atoms. The SMILES string of the molecule is CC(C)N(Cc1ccccn1)C(=O)c1ccc(CCl)cc1. The lowest BCUT2D eigenvalue weighted by molar-refractivity contribution is 0.0688. The van der Waals surface area contributed by atoms with Gasteiger partial charge in [0, 0.05) is 23.7 Å². The van der Waals surface area contributed by atoms with Crippen LogP contribution < -0.4 is 0 Å². The molecular formula is C17H19ClN2O. The number of benzene rings is 1. The topological polar surface area (TPSA) is 33.2 Å². The number of hydrogen-bond acceptors (Lipinski definition) is 2.